The quantitative estimate of drug-likeness (QED) is 0.513. The first kappa shape index (κ1) is 10.4. The lowest BCUT2D eigenvalue weighted by Gasteiger charge is -2.27. The summed E-state index contributed by atoms with van der Waals surface area (Å²) in [6, 6.07) is 0. The topological polar surface area (TPSA) is 26.3 Å². The van der Waals surface area contributed by atoms with Crippen LogP contribution in [0.4, 0.5) is 0 Å². The Morgan fingerprint density at radius 1 is 1.77 bits per heavy atom. The molecule has 0 saturated heterocycles. The van der Waals surface area contributed by atoms with Gasteiger partial charge in [0.25, 0.3) is 0 Å². The van der Waals surface area contributed by atoms with Crippen molar-refractivity contribution in [2.45, 2.75) is 25.2 Å². The predicted molar refractivity (Wildman–Crippen MR) is 55.5 cm³/mol. The summed E-state index contributed by atoms with van der Waals surface area (Å²) in [4.78, 5) is 10.6. The van der Waals surface area contributed by atoms with E-state index in [-0.39, 0.29) is 5.97 Å². The van der Waals surface area contributed by atoms with Crippen molar-refractivity contribution >= 4 is 17.7 Å². The fraction of sp³-hybridized carbons (Fsp3) is 0.500. The van der Waals surface area contributed by atoms with E-state index >= 15 is 0 Å². The SMILES string of the molecule is C=CCC1(SCC)OC(=O)C=C1C. The molecule has 1 heterocycles. The summed E-state index contributed by atoms with van der Waals surface area (Å²) in [5, 5.41) is 0. The van der Waals surface area contributed by atoms with Crippen LogP contribution in [0, 0.1) is 0 Å². The predicted octanol–water partition coefficient (Wildman–Crippen LogP) is 2.52. The first-order valence-electron chi connectivity index (χ1n) is 4.31. The second-order valence-electron chi connectivity index (χ2n) is 2.93. The third kappa shape index (κ3) is 1.97. The Bertz CT molecular complexity index is 258. The van der Waals surface area contributed by atoms with Crippen LogP contribution in [0.5, 0.6) is 0 Å². The Hall–Kier alpha value is -0.700. The molecule has 1 unspecified atom stereocenters. The summed E-state index contributed by atoms with van der Waals surface area (Å²) in [6.45, 7) is 7.66. The molecule has 1 aliphatic heterocycles. The fourth-order valence-electron chi connectivity index (χ4n) is 1.39. The largest absolute Gasteiger partial charge is 0.440 e. The third-order valence-electron chi connectivity index (χ3n) is 1.99. The molecule has 1 aliphatic rings. The maximum absolute atomic E-state index is 11.1. The van der Waals surface area contributed by atoms with Gasteiger partial charge in [-0.15, -0.1) is 18.3 Å². The van der Waals surface area contributed by atoms with Crippen molar-refractivity contribution < 1.29 is 9.53 Å². The molecule has 0 aromatic rings. The van der Waals surface area contributed by atoms with Gasteiger partial charge >= 0.3 is 5.97 Å². The van der Waals surface area contributed by atoms with Gasteiger partial charge in [0.15, 0.2) is 4.93 Å². The van der Waals surface area contributed by atoms with Crippen LogP contribution in [-0.4, -0.2) is 16.7 Å². The van der Waals surface area contributed by atoms with Gasteiger partial charge in [0, 0.05) is 12.5 Å². The summed E-state index contributed by atoms with van der Waals surface area (Å²) in [7, 11) is 0. The van der Waals surface area contributed by atoms with Crippen LogP contribution in [0.1, 0.15) is 20.3 Å². The molecular weight excluding hydrogens is 184 g/mol. The molecule has 0 aliphatic carbocycles. The van der Waals surface area contributed by atoms with E-state index < -0.39 is 4.93 Å². The number of rotatable bonds is 4. The molecule has 0 N–H and O–H groups in total. The molecule has 0 aromatic carbocycles. The molecule has 0 radical (unpaired) electrons. The number of carbonyl (C=O) groups excluding carboxylic acids is 1. The van der Waals surface area contributed by atoms with Gasteiger partial charge in [0.05, 0.1) is 0 Å². The lowest BCUT2D eigenvalue weighted by Crippen LogP contribution is -2.26. The zero-order chi connectivity index (χ0) is 9.90. The average molecular weight is 198 g/mol. The monoisotopic (exact) mass is 198 g/mol. The Kier molecular flexibility index (Phi) is 3.20. The molecule has 0 bridgehead atoms. The second kappa shape index (κ2) is 4.01. The van der Waals surface area contributed by atoms with Crippen molar-refractivity contribution in [2.75, 3.05) is 5.75 Å². The Morgan fingerprint density at radius 3 is 2.85 bits per heavy atom. The Labute approximate surface area is 83.0 Å². The van der Waals surface area contributed by atoms with E-state index in [1.54, 1.807) is 23.9 Å². The first-order valence-corrected chi connectivity index (χ1v) is 5.30. The standard InChI is InChI=1S/C10H14O2S/c1-4-6-10(13-5-2)8(3)7-9(11)12-10/h4,7H,1,5-6H2,2-3H3. The van der Waals surface area contributed by atoms with Crippen LogP contribution < -0.4 is 0 Å². The summed E-state index contributed by atoms with van der Waals surface area (Å²) in [6.07, 6.45) is 4.03. The van der Waals surface area contributed by atoms with E-state index in [2.05, 4.69) is 13.5 Å². The van der Waals surface area contributed by atoms with Crippen molar-refractivity contribution in [3.8, 4) is 0 Å². The van der Waals surface area contributed by atoms with Gasteiger partial charge in [-0.1, -0.05) is 13.0 Å². The van der Waals surface area contributed by atoms with Crippen molar-refractivity contribution in [2.24, 2.45) is 0 Å². The van der Waals surface area contributed by atoms with Gasteiger partial charge in [-0.2, -0.15) is 0 Å². The number of hydrogen-bond acceptors (Lipinski definition) is 3. The highest BCUT2D eigenvalue weighted by Gasteiger charge is 2.39. The summed E-state index contributed by atoms with van der Waals surface area (Å²) in [5.74, 6) is 0.687. The Morgan fingerprint density at radius 2 is 2.46 bits per heavy atom. The highest BCUT2D eigenvalue weighted by molar-refractivity contribution is 8.00. The van der Waals surface area contributed by atoms with Gasteiger partial charge < -0.3 is 4.74 Å². The molecule has 0 amide bonds. The zero-order valence-corrected chi connectivity index (χ0v) is 8.82. The first-order chi connectivity index (χ1) is 6.14. The van der Waals surface area contributed by atoms with Crippen LogP contribution in [0.2, 0.25) is 0 Å². The minimum atomic E-state index is -0.465. The Balaban J connectivity index is 2.85. The molecule has 0 saturated carbocycles. The minimum absolute atomic E-state index is 0.236. The van der Waals surface area contributed by atoms with E-state index in [1.165, 1.54) is 0 Å². The van der Waals surface area contributed by atoms with E-state index in [0.29, 0.717) is 6.42 Å². The fourth-order valence-corrected chi connectivity index (χ4v) is 2.52. The number of thioether (sulfide) groups is 1. The van der Waals surface area contributed by atoms with Crippen molar-refractivity contribution in [1.82, 2.24) is 0 Å². The number of cyclic esters (lactones) is 1. The van der Waals surface area contributed by atoms with Gasteiger partial charge in [-0.3, -0.25) is 0 Å². The van der Waals surface area contributed by atoms with Crippen molar-refractivity contribution in [3.63, 3.8) is 0 Å². The van der Waals surface area contributed by atoms with Gasteiger partial charge in [0.1, 0.15) is 0 Å². The number of carbonyl (C=O) groups is 1. The van der Waals surface area contributed by atoms with Crippen molar-refractivity contribution in [1.29, 1.82) is 0 Å². The second-order valence-corrected chi connectivity index (χ2v) is 4.45. The molecule has 0 fully saturated rings. The maximum Gasteiger partial charge on any atom is 0.332 e. The lowest BCUT2D eigenvalue weighted by molar-refractivity contribution is -0.140. The van der Waals surface area contributed by atoms with Crippen LogP contribution in [0.15, 0.2) is 24.3 Å². The van der Waals surface area contributed by atoms with Crippen molar-refractivity contribution in [3.05, 3.63) is 24.3 Å². The van der Waals surface area contributed by atoms with Crippen LogP contribution >= 0.6 is 11.8 Å². The molecule has 0 spiro atoms. The average Bonchev–Trinajstić information content (AvgIpc) is 2.28. The molecule has 1 rings (SSSR count). The van der Waals surface area contributed by atoms with Gasteiger partial charge in [0.2, 0.25) is 0 Å². The maximum atomic E-state index is 11.1. The molecule has 13 heavy (non-hydrogen) atoms. The number of esters is 1. The smallest absolute Gasteiger partial charge is 0.332 e. The lowest BCUT2D eigenvalue weighted by atomic mass is 10.1. The highest BCUT2D eigenvalue weighted by Crippen LogP contribution is 2.41. The molecule has 72 valence electrons. The molecule has 3 heteroatoms. The molecule has 0 aromatic heterocycles. The van der Waals surface area contributed by atoms with Gasteiger partial charge in [-0.05, 0) is 18.2 Å². The number of hydrogen-bond donors (Lipinski definition) is 0. The summed E-state index contributed by atoms with van der Waals surface area (Å²) < 4.78 is 5.30. The van der Waals surface area contributed by atoms with E-state index in [9.17, 15) is 4.79 Å². The molecule has 2 nitrogen and oxygen atoms in total. The van der Waals surface area contributed by atoms with Gasteiger partial charge in [-0.25, -0.2) is 4.79 Å². The van der Waals surface area contributed by atoms with E-state index in [0.717, 1.165) is 11.3 Å². The van der Waals surface area contributed by atoms with Crippen LogP contribution in [0.3, 0.4) is 0 Å². The highest BCUT2D eigenvalue weighted by atomic mass is 32.2. The molecular formula is C10H14O2S. The van der Waals surface area contributed by atoms with E-state index in [1.807, 2.05) is 6.92 Å². The summed E-state index contributed by atoms with van der Waals surface area (Å²) >= 11 is 1.64. The van der Waals surface area contributed by atoms with E-state index in [4.69, 9.17) is 4.74 Å². The molecule has 1 atom stereocenters. The minimum Gasteiger partial charge on any atom is -0.440 e. The summed E-state index contributed by atoms with van der Waals surface area (Å²) in [5.41, 5.74) is 0.990. The van der Waals surface area contributed by atoms with Crippen LogP contribution in [-0.2, 0) is 9.53 Å². The zero-order valence-electron chi connectivity index (χ0n) is 8.00. The van der Waals surface area contributed by atoms with Crippen LogP contribution in [0.25, 0.3) is 0 Å². The number of ether oxygens (including phenoxy) is 1. The normalized spacial score (nSPS) is 26.9. The third-order valence-corrected chi connectivity index (χ3v) is 3.32.